The Hall–Kier alpha value is -0.870. The molecule has 4 heteroatoms. The van der Waals surface area contributed by atoms with Crippen molar-refractivity contribution in [1.82, 2.24) is 5.32 Å². The van der Waals surface area contributed by atoms with Gasteiger partial charge in [0.2, 0.25) is 0 Å². The molecule has 1 amide bonds. The average molecular weight is 269 g/mol. The van der Waals surface area contributed by atoms with Crippen molar-refractivity contribution in [2.75, 3.05) is 6.54 Å². The Balaban J connectivity index is 2.64. The summed E-state index contributed by atoms with van der Waals surface area (Å²) in [5.74, 6) is -0.0841. The molecule has 0 saturated carbocycles. The first kappa shape index (κ1) is 15.2. The topological polar surface area (TPSA) is 49.3 Å². The third kappa shape index (κ3) is 4.10. The molecule has 1 aromatic rings. The van der Waals surface area contributed by atoms with E-state index in [2.05, 4.69) is 19.2 Å². The fourth-order valence-corrected chi connectivity index (χ4v) is 2.62. The highest BCUT2D eigenvalue weighted by Crippen LogP contribution is 2.22. The third-order valence-corrected chi connectivity index (χ3v) is 4.25. The maximum absolute atomic E-state index is 12.0. The van der Waals surface area contributed by atoms with Gasteiger partial charge >= 0.3 is 0 Å². The number of amides is 1. The first-order valence-corrected chi connectivity index (χ1v) is 7.31. The lowest BCUT2D eigenvalue weighted by atomic mass is 10.0. The number of hydrogen-bond donors (Lipinski definition) is 2. The SMILES string of the molecule is CCCc1cc(C(=O)NCC(C)(O)CC)sc1C. The standard InChI is InChI=1S/C14H23NO2S/c1-5-7-11-8-12(18-10(11)3)13(16)15-9-14(4,17)6-2/h8,17H,5-7,9H2,1-4H3,(H,15,16). The largest absolute Gasteiger partial charge is 0.388 e. The highest BCUT2D eigenvalue weighted by Gasteiger charge is 2.19. The number of aliphatic hydroxyl groups is 1. The Kier molecular flexibility index (Phi) is 5.35. The lowest BCUT2D eigenvalue weighted by Crippen LogP contribution is -2.39. The van der Waals surface area contributed by atoms with Crippen LogP contribution in [0.3, 0.4) is 0 Å². The second-order valence-corrected chi connectivity index (χ2v) is 6.23. The number of carbonyl (C=O) groups excluding carboxylic acids is 1. The average Bonchev–Trinajstić information content (AvgIpc) is 2.69. The quantitative estimate of drug-likeness (QED) is 0.834. The number of rotatable bonds is 6. The summed E-state index contributed by atoms with van der Waals surface area (Å²) in [6.07, 6.45) is 2.73. The summed E-state index contributed by atoms with van der Waals surface area (Å²) in [6, 6.07) is 1.97. The number of hydrogen-bond acceptors (Lipinski definition) is 3. The lowest BCUT2D eigenvalue weighted by molar-refractivity contribution is 0.0519. The fraction of sp³-hybridized carbons (Fsp3) is 0.643. The summed E-state index contributed by atoms with van der Waals surface area (Å²) < 4.78 is 0. The van der Waals surface area contributed by atoms with Crippen LogP contribution >= 0.6 is 11.3 Å². The summed E-state index contributed by atoms with van der Waals surface area (Å²) in [5.41, 5.74) is 0.434. The zero-order chi connectivity index (χ0) is 13.8. The smallest absolute Gasteiger partial charge is 0.261 e. The normalized spacial score (nSPS) is 14.3. The summed E-state index contributed by atoms with van der Waals surface area (Å²) in [7, 11) is 0. The Bertz CT molecular complexity index is 410. The van der Waals surface area contributed by atoms with E-state index in [4.69, 9.17) is 0 Å². The highest BCUT2D eigenvalue weighted by molar-refractivity contribution is 7.14. The first-order chi connectivity index (χ1) is 8.39. The summed E-state index contributed by atoms with van der Waals surface area (Å²) in [4.78, 5) is 13.9. The predicted octanol–water partition coefficient (Wildman–Crippen LogP) is 2.90. The molecular formula is C14H23NO2S. The summed E-state index contributed by atoms with van der Waals surface area (Å²) >= 11 is 1.53. The molecule has 1 aromatic heterocycles. The molecule has 0 spiro atoms. The molecule has 1 unspecified atom stereocenters. The van der Waals surface area contributed by atoms with E-state index in [1.165, 1.54) is 21.8 Å². The van der Waals surface area contributed by atoms with Gasteiger partial charge in [0.15, 0.2) is 0 Å². The highest BCUT2D eigenvalue weighted by atomic mass is 32.1. The van der Waals surface area contributed by atoms with E-state index in [9.17, 15) is 9.90 Å². The van der Waals surface area contributed by atoms with Crippen LogP contribution in [0.2, 0.25) is 0 Å². The third-order valence-electron chi connectivity index (χ3n) is 3.16. The van der Waals surface area contributed by atoms with Gasteiger partial charge in [-0.1, -0.05) is 20.3 Å². The minimum absolute atomic E-state index is 0.0841. The molecule has 0 aliphatic carbocycles. The van der Waals surface area contributed by atoms with Gasteiger partial charge in [0.25, 0.3) is 5.91 Å². The van der Waals surface area contributed by atoms with Crippen LogP contribution in [0.15, 0.2) is 6.07 Å². The van der Waals surface area contributed by atoms with Gasteiger partial charge in [0, 0.05) is 11.4 Å². The van der Waals surface area contributed by atoms with Crippen molar-refractivity contribution in [3.05, 3.63) is 21.4 Å². The van der Waals surface area contributed by atoms with E-state index in [1.54, 1.807) is 6.92 Å². The Morgan fingerprint density at radius 3 is 2.72 bits per heavy atom. The van der Waals surface area contributed by atoms with Crippen molar-refractivity contribution in [3.8, 4) is 0 Å². The first-order valence-electron chi connectivity index (χ1n) is 6.49. The van der Waals surface area contributed by atoms with Gasteiger partial charge in [-0.05, 0) is 38.3 Å². The zero-order valence-electron chi connectivity index (χ0n) is 11.7. The Morgan fingerprint density at radius 2 is 2.17 bits per heavy atom. The molecule has 0 fully saturated rings. The number of aryl methyl sites for hydroxylation is 2. The van der Waals surface area contributed by atoms with Crippen LogP contribution in [0, 0.1) is 6.92 Å². The van der Waals surface area contributed by atoms with E-state index in [0.29, 0.717) is 13.0 Å². The molecule has 0 saturated heterocycles. The molecule has 0 aliphatic heterocycles. The minimum atomic E-state index is -0.825. The maximum atomic E-state index is 12.0. The van der Waals surface area contributed by atoms with Gasteiger partial charge in [-0.2, -0.15) is 0 Å². The van der Waals surface area contributed by atoms with Crippen molar-refractivity contribution < 1.29 is 9.90 Å². The number of carbonyl (C=O) groups is 1. The molecule has 0 bridgehead atoms. The van der Waals surface area contributed by atoms with Gasteiger partial charge < -0.3 is 10.4 Å². The molecule has 0 aromatic carbocycles. The monoisotopic (exact) mass is 269 g/mol. The predicted molar refractivity (Wildman–Crippen MR) is 76.3 cm³/mol. The van der Waals surface area contributed by atoms with Crippen LogP contribution in [-0.2, 0) is 6.42 Å². The lowest BCUT2D eigenvalue weighted by Gasteiger charge is -2.21. The molecule has 1 heterocycles. The van der Waals surface area contributed by atoms with Gasteiger partial charge in [0.05, 0.1) is 10.5 Å². The molecule has 0 aliphatic rings. The van der Waals surface area contributed by atoms with Gasteiger partial charge in [-0.3, -0.25) is 4.79 Å². The van der Waals surface area contributed by atoms with Crippen LogP contribution in [-0.4, -0.2) is 23.2 Å². The van der Waals surface area contributed by atoms with Crippen LogP contribution in [0.4, 0.5) is 0 Å². The van der Waals surface area contributed by atoms with E-state index < -0.39 is 5.60 Å². The van der Waals surface area contributed by atoms with Crippen LogP contribution in [0.5, 0.6) is 0 Å². The van der Waals surface area contributed by atoms with Crippen LogP contribution in [0.25, 0.3) is 0 Å². The fourth-order valence-electron chi connectivity index (χ4n) is 1.63. The molecule has 2 N–H and O–H groups in total. The van der Waals surface area contributed by atoms with Crippen molar-refractivity contribution in [1.29, 1.82) is 0 Å². The van der Waals surface area contributed by atoms with Crippen molar-refractivity contribution >= 4 is 17.2 Å². The van der Waals surface area contributed by atoms with Crippen LogP contribution < -0.4 is 5.32 Å². The van der Waals surface area contributed by atoms with Crippen molar-refractivity contribution in [2.24, 2.45) is 0 Å². The molecule has 1 rings (SSSR count). The van der Waals surface area contributed by atoms with Gasteiger partial charge in [-0.25, -0.2) is 0 Å². The Labute approximate surface area is 113 Å². The molecule has 1 atom stereocenters. The van der Waals surface area contributed by atoms with E-state index in [0.717, 1.165) is 17.7 Å². The zero-order valence-corrected chi connectivity index (χ0v) is 12.5. The second kappa shape index (κ2) is 6.34. The van der Waals surface area contributed by atoms with Crippen molar-refractivity contribution in [3.63, 3.8) is 0 Å². The minimum Gasteiger partial charge on any atom is -0.388 e. The summed E-state index contributed by atoms with van der Waals surface area (Å²) in [5, 5.41) is 12.6. The molecule has 102 valence electrons. The second-order valence-electron chi connectivity index (χ2n) is 4.98. The number of thiophene rings is 1. The molecule has 3 nitrogen and oxygen atoms in total. The van der Waals surface area contributed by atoms with E-state index in [1.807, 2.05) is 13.0 Å². The molecule has 0 radical (unpaired) electrons. The van der Waals surface area contributed by atoms with Gasteiger partial charge in [0.1, 0.15) is 0 Å². The van der Waals surface area contributed by atoms with Crippen LogP contribution in [0.1, 0.15) is 53.7 Å². The van der Waals surface area contributed by atoms with Gasteiger partial charge in [-0.15, -0.1) is 11.3 Å². The van der Waals surface area contributed by atoms with E-state index >= 15 is 0 Å². The summed E-state index contributed by atoms with van der Waals surface area (Å²) in [6.45, 7) is 8.11. The Morgan fingerprint density at radius 1 is 1.50 bits per heavy atom. The van der Waals surface area contributed by atoms with E-state index in [-0.39, 0.29) is 5.91 Å². The number of nitrogens with one attached hydrogen (secondary N) is 1. The van der Waals surface area contributed by atoms with Crippen molar-refractivity contribution in [2.45, 2.75) is 52.6 Å². The maximum Gasteiger partial charge on any atom is 0.261 e. The molecular weight excluding hydrogens is 246 g/mol. The molecule has 18 heavy (non-hydrogen) atoms.